The third-order valence-electron chi connectivity index (χ3n) is 5.68. The zero-order valence-corrected chi connectivity index (χ0v) is 18.2. The summed E-state index contributed by atoms with van der Waals surface area (Å²) in [6, 6.07) is 17.0. The Bertz CT molecular complexity index is 1600. The third kappa shape index (κ3) is 3.27. The number of para-hydroxylation sites is 1. The minimum absolute atomic E-state index is 0.00394. The summed E-state index contributed by atoms with van der Waals surface area (Å²) in [5, 5.41) is 0.730. The lowest BCUT2D eigenvalue weighted by Crippen LogP contribution is -2.21. The van der Waals surface area contributed by atoms with Crippen LogP contribution in [0, 0.1) is 6.92 Å². The van der Waals surface area contributed by atoms with Gasteiger partial charge < -0.3 is 9.72 Å². The van der Waals surface area contributed by atoms with Crippen LogP contribution in [0.25, 0.3) is 10.9 Å². The molecule has 0 aliphatic carbocycles. The molecule has 0 fully saturated rings. The molecule has 1 aliphatic heterocycles. The highest BCUT2D eigenvalue weighted by atomic mass is 32.2. The van der Waals surface area contributed by atoms with Crippen LogP contribution in [0.4, 0.5) is 0 Å². The fraction of sp³-hybridized carbons (Fsp3) is 0.0800. The highest BCUT2D eigenvalue weighted by molar-refractivity contribution is 7.91. The summed E-state index contributed by atoms with van der Waals surface area (Å²) >= 11 is 0. The Morgan fingerprint density at radius 3 is 2.42 bits per heavy atom. The van der Waals surface area contributed by atoms with Crippen molar-refractivity contribution in [3.05, 3.63) is 94.7 Å². The smallest absolute Gasteiger partial charge is 0.338 e. The molecule has 33 heavy (non-hydrogen) atoms. The number of aryl methyl sites for hydroxylation is 1. The van der Waals surface area contributed by atoms with Gasteiger partial charge in [0.25, 0.3) is 0 Å². The number of fused-ring (bicyclic) bond motifs is 3. The predicted molar refractivity (Wildman–Crippen MR) is 119 cm³/mol. The lowest BCUT2D eigenvalue weighted by atomic mass is 10.0. The van der Waals surface area contributed by atoms with Crippen LogP contribution in [0.2, 0.25) is 0 Å². The summed E-state index contributed by atoms with van der Waals surface area (Å²) < 4.78 is 31.3. The molecule has 0 saturated carbocycles. The lowest BCUT2D eigenvalue weighted by Gasteiger charge is -2.19. The van der Waals surface area contributed by atoms with Crippen molar-refractivity contribution in [2.45, 2.75) is 16.7 Å². The molecule has 3 aromatic carbocycles. The molecule has 5 rings (SSSR count). The number of hydrogen-bond donors (Lipinski definition) is 1. The van der Waals surface area contributed by atoms with Gasteiger partial charge >= 0.3 is 5.97 Å². The molecule has 2 heterocycles. The van der Waals surface area contributed by atoms with Gasteiger partial charge in [0.15, 0.2) is 12.4 Å². The van der Waals surface area contributed by atoms with E-state index < -0.39 is 28.2 Å². The van der Waals surface area contributed by atoms with Gasteiger partial charge in [0.2, 0.25) is 15.6 Å². The van der Waals surface area contributed by atoms with Crippen LogP contribution in [0.1, 0.15) is 42.3 Å². The first-order chi connectivity index (χ1) is 15.8. The first-order valence-corrected chi connectivity index (χ1v) is 11.6. The van der Waals surface area contributed by atoms with E-state index in [4.69, 9.17) is 4.74 Å². The number of carbonyl (C=O) groups is 3. The number of ketones is 2. The topological polar surface area (TPSA) is 110 Å². The summed E-state index contributed by atoms with van der Waals surface area (Å²) in [4.78, 5) is 40.9. The molecule has 1 aromatic heterocycles. The van der Waals surface area contributed by atoms with E-state index in [1.165, 1.54) is 30.3 Å². The van der Waals surface area contributed by atoms with Crippen molar-refractivity contribution in [2.75, 3.05) is 6.61 Å². The van der Waals surface area contributed by atoms with Gasteiger partial charge in [-0.1, -0.05) is 30.3 Å². The van der Waals surface area contributed by atoms with Crippen LogP contribution in [-0.2, 0) is 14.6 Å². The summed E-state index contributed by atoms with van der Waals surface area (Å²) in [6.45, 7) is 1.26. The van der Waals surface area contributed by atoms with E-state index in [1.54, 1.807) is 19.1 Å². The van der Waals surface area contributed by atoms with Crippen LogP contribution >= 0.6 is 0 Å². The number of aromatic amines is 1. The van der Waals surface area contributed by atoms with Crippen molar-refractivity contribution >= 4 is 38.3 Å². The zero-order valence-electron chi connectivity index (χ0n) is 17.4. The van der Waals surface area contributed by atoms with E-state index in [1.807, 2.05) is 18.2 Å². The molecule has 164 valence electrons. The monoisotopic (exact) mass is 459 g/mol. The maximum Gasteiger partial charge on any atom is 0.338 e. The highest BCUT2D eigenvalue weighted by Gasteiger charge is 2.35. The Morgan fingerprint density at radius 2 is 1.61 bits per heavy atom. The van der Waals surface area contributed by atoms with E-state index in [0.29, 0.717) is 11.3 Å². The Morgan fingerprint density at radius 1 is 0.909 bits per heavy atom. The van der Waals surface area contributed by atoms with Crippen LogP contribution in [0.15, 0.2) is 76.5 Å². The number of Topliss-reactive ketones (excluding diaryl/α,β-unsaturated/α-hetero) is 1. The SMILES string of the molecule is Cc1[nH]c2ccccc2c1C(=O)COC(=O)c1ccc2c(c1)S(=O)(=O)c1ccccc1C2=O. The first-order valence-electron chi connectivity index (χ1n) is 10.1. The average molecular weight is 459 g/mol. The van der Waals surface area contributed by atoms with Crippen molar-refractivity contribution in [2.24, 2.45) is 0 Å². The number of carbonyl (C=O) groups excluding carboxylic acids is 3. The molecule has 0 saturated heterocycles. The molecule has 7 nitrogen and oxygen atoms in total. The van der Waals surface area contributed by atoms with Gasteiger partial charge in [0.1, 0.15) is 0 Å². The fourth-order valence-corrected chi connectivity index (χ4v) is 5.81. The Labute approximate surface area is 188 Å². The molecule has 0 bridgehead atoms. The zero-order chi connectivity index (χ0) is 23.3. The second-order valence-electron chi connectivity index (χ2n) is 7.71. The molecule has 0 unspecified atom stereocenters. The number of esters is 1. The maximum absolute atomic E-state index is 13.0. The maximum atomic E-state index is 13.0. The van der Waals surface area contributed by atoms with Gasteiger partial charge in [0.05, 0.1) is 15.4 Å². The van der Waals surface area contributed by atoms with Gasteiger partial charge in [-0.15, -0.1) is 0 Å². The summed E-state index contributed by atoms with van der Waals surface area (Å²) in [7, 11) is -3.99. The van der Waals surface area contributed by atoms with Crippen molar-refractivity contribution in [1.82, 2.24) is 4.98 Å². The third-order valence-corrected chi connectivity index (χ3v) is 7.53. The molecule has 0 amide bonds. The van der Waals surface area contributed by atoms with Crippen LogP contribution in [0.5, 0.6) is 0 Å². The second kappa shape index (κ2) is 7.53. The molecular weight excluding hydrogens is 442 g/mol. The molecular formula is C25H17NO6S. The molecule has 0 spiro atoms. The number of rotatable bonds is 4. The largest absolute Gasteiger partial charge is 0.454 e. The van der Waals surface area contributed by atoms with Gasteiger partial charge in [-0.25, -0.2) is 13.2 Å². The standard InChI is InChI=1S/C25H17NO6S/c1-14-23(16-6-2-4-8-19(16)26-14)20(27)13-32-25(29)15-10-11-18-22(12-15)33(30,31)21-9-5-3-7-17(21)24(18)28/h2-12,26H,13H2,1H3. The number of hydrogen-bond acceptors (Lipinski definition) is 6. The number of nitrogens with one attached hydrogen (secondary N) is 1. The van der Waals surface area contributed by atoms with Gasteiger partial charge in [-0.05, 0) is 43.3 Å². The average Bonchev–Trinajstić information content (AvgIpc) is 3.16. The van der Waals surface area contributed by atoms with Crippen LogP contribution in [-0.4, -0.2) is 37.5 Å². The molecule has 4 aromatic rings. The molecule has 8 heteroatoms. The first kappa shape index (κ1) is 20.8. The number of sulfone groups is 1. The van der Waals surface area contributed by atoms with E-state index in [2.05, 4.69) is 4.98 Å². The quantitative estimate of drug-likeness (QED) is 0.322. The van der Waals surface area contributed by atoms with E-state index in [0.717, 1.165) is 17.0 Å². The van der Waals surface area contributed by atoms with Gasteiger partial charge in [0, 0.05) is 33.3 Å². The Hall–Kier alpha value is -4.04. The molecule has 0 radical (unpaired) electrons. The summed E-state index contributed by atoms with van der Waals surface area (Å²) in [6.07, 6.45) is 0. The van der Waals surface area contributed by atoms with Crippen LogP contribution in [0.3, 0.4) is 0 Å². The van der Waals surface area contributed by atoms with Crippen molar-refractivity contribution < 1.29 is 27.5 Å². The van der Waals surface area contributed by atoms with E-state index in [9.17, 15) is 22.8 Å². The molecule has 0 atom stereocenters. The number of H-pyrrole nitrogens is 1. The number of benzene rings is 3. The van der Waals surface area contributed by atoms with Gasteiger partial charge in [-0.2, -0.15) is 0 Å². The number of ether oxygens (including phenoxy) is 1. The normalized spacial score (nSPS) is 13.9. The fourth-order valence-electron chi connectivity index (χ4n) is 4.13. The Kier molecular flexibility index (Phi) is 4.75. The highest BCUT2D eigenvalue weighted by Crippen LogP contribution is 2.35. The summed E-state index contributed by atoms with van der Waals surface area (Å²) in [5.74, 6) is -1.67. The van der Waals surface area contributed by atoms with Crippen LogP contribution < -0.4 is 0 Å². The Balaban J connectivity index is 1.42. The van der Waals surface area contributed by atoms with Crippen molar-refractivity contribution in [3.63, 3.8) is 0 Å². The van der Waals surface area contributed by atoms with E-state index in [-0.39, 0.29) is 32.3 Å². The van der Waals surface area contributed by atoms with Gasteiger partial charge in [-0.3, -0.25) is 9.59 Å². The summed E-state index contributed by atoms with van der Waals surface area (Å²) in [5.41, 5.74) is 1.93. The van der Waals surface area contributed by atoms with Crippen molar-refractivity contribution in [3.8, 4) is 0 Å². The molecule has 1 aliphatic rings. The lowest BCUT2D eigenvalue weighted by molar-refractivity contribution is 0.0474. The molecule has 1 N–H and O–H groups in total. The predicted octanol–water partition coefficient (Wildman–Crippen LogP) is 3.89. The van der Waals surface area contributed by atoms with E-state index >= 15 is 0 Å². The number of aromatic nitrogens is 1. The minimum atomic E-state index is -3.99. The minimum Gasteiger partial charge on any atom is -0.454 e. The second-order valence-corrected chi connectivity index (χ2v) is 9.60. The van der Waals surface area contributed by atoms with Crippen molar-refractivity contribution in [1.29, 1.82) is 0 Å².